The Bertz CT molecular complexity index is 614. The fraction of sp³-hybridized carbons (Fsp3) is 0.188. The molecule has 5 heteroatoms. The van der Waals surface area contributed by atoms with E-state index in [0.717, 1.165) is 5.69 Å². The molecule has 0 aliphatic heterocycles. The molecule has 0 fully saturated rings. The van der Waals surface area contributed by atoms with Crippen molar-refractivity contribution in [1.82, 2.24) is 0 Å². The van der Waals surface area contributed by atoms with Crippen LogP contribution < -0.4 is 10.6 Å². The molecule has 2 rings (SSSR count). The van der Waals surface area contributed by atoms with Gasteiger partial charge >= 0.3 is 0 Å². The number of benzene rings is 2. The molecule has 2 aromatic rings. The summed E-state index contributed by atoms with van der Waals surface area (Å²) in [6.07, 6.45) is 0.639. The van der Waals surface area contributed by atoms with Crippen LogP contribution in [-0.4, -0.2) is 29.2 Å². The molecule has 21 heavy (non-hydrogen) atoms. The molecule has 0 aromatic heterocycles. The quantitative estimate of drug-likeness (QED) is 0.735. The minimum atomic E-state index is -0.372. The van der Waals surface area contributed by atoms with E-state index in [4.69, 9.17) is 5.73 Å². The van der Waals surface area contributed by atoms with Gasteiger partial charge in [-0.15, -0.1) is 0 Å². The number of anilines is 1. The highest BCUT2D eigenvalue weighted by Gasteiger charge is 2.20. The molecule has 0 saturated heterocycles. The summed E-state index contributed by atoms with van der Waals surface area (Å²) in [5.74, 6) is -0.600. The van der Waals surface area contributed by atoms with Crippen molar-refractivity contribution in [3.8, 4) is 11.5 Å². The van der Waals surface area contributed by atoms with Crippen LogP contribution in [0.1, 0.15) is 16.8 Å². The Hall–Kier alpha value is -2.53. The van der Waals surface area contributed by atoms with E-state index in [1.807, 2.05) is 30.3 Å². The summed E-state index contributed by atoms with van der Waals surface area (Å²) in [5, 5.41) is 19.4. The van der Waals surface area contributed by atoms with E-state index in [-0.39, 0.29) is 23.0 Å². The van der Waals surface area contributed by atoms with Gasteiger partial charge in [-0.3, -0.25) is 4.79 Å². The topological polar surface area (TPSA) is 86.8 Å². The predicted octanol–water partition coefficient (Wildman–Crippen LogP) is 2.09. The highest BCUT2D eigenvalue weighted by atomic mass is 16.3. The van der Waals surface area contributed by atoms with E-state index in [1.54, 1.807) is 4.90 Å². The van der Waals surface area contributed by atoms with E-state index in [2.05, 4.69) is 0 Å². The second-order valence-corrected chi connectivity index (χ2v) is 4.64. The lowest BCUT2D eigenvalue weighted by atomic mass is 10.1. The van der Waals surface area contributed by atoms with E-state index in [9.17, 15) is 15.0 Å². The standard InChI is InChI=1S/C16H18N2O3/c17-9-4-10-18(12-5-2-1-3-6-12)16(21)14-11-13(19)7-8-15(14)20/h1-3,5-8,11,19-20H,4,9-10,17H2. The molecule has 0 unspecified atom stereocenters. The van der Waals surface area contributed by atoms with Crippen molar-refractivity contribution in [3.63, 3.8) is 0 Å². The largest absolute Gasteiger partial charge is 0.508 e. The predicted molar refractivity (Wildman–Crippen MR) is 81.6 cm³/mol. The van der Waals surface area contributed by atoms with E-state index in [1.165, 1.54) is 18.2 Å². The monoisotopic (exact) mass is 286 g/mol. The lowest BCUT2D eigenvalue weighted by Crippen LogP contribution is -2.33. The zero-order chi connectivity index (χ0) is 15.2. The summed E-state index contributed by atoms with van der Waals surface area (Å²) in [7, 11) is 0. The van der Waals surface area contributed by atoms with Crippen LogP contribution >= 0.6 is 0 Å². The number of carbonyl (C=O) groups excluding carboxylic acids is 1. The van der Waals surface area contributed by atoms with Crippen molar-refractivity contribution in [2.75, 3.05) is 18.0 Å². The first kappa shape index (κ1) is 14.9. The molecule has 0 aliphatic carbocycles. The number of nitrogens with two attached hydrogens (primary N) is 1. The fourth-order valence-corrected chi connectivity index (χ4v) is 2.05. The first-order chi connectivity index (χ1) is 10.1. The molecule has 1 amide bonds. The second kappa shape index (κ2) is 6.76. The Labute approximate surface area is 123 Å². The van der Waals surface area contributed by atoms with Crippen molar-refractivity contribution in [1.29, 1.82) is 0 Å². The molecule has 0 aliphatic rings. The van der Waals surface area contributed by atoms with Gasteiger partial charge in [0.2, 0.25) is 0 Å². The first-order valence-corrected chi connectivity index (χ1v) is 6.72. The number of phenolic OH excluding ortho intramolecular Hbond substituents is 2. The average molecular weight is 286 g/mol. The summed E-state index contributed by atoms with van der Waals surface area (Å²) in [6, 6.07) is 13.0. The SMILES string of the molecule is NCCCN(C(=O)c1cc(O)ccc1O)c1ccccc1. The van der Waals surface area contributed by atoms with Crippen molar-refractivity contribution >= 4 is 11.6 Å². The van der Waals surface area contributed by atoms with Crippen LogP contribution in [0.3, 0.4) is 0 Å². The number of para-hydroxylation sites is 1. The fourth-order valence-electron chi connectivity index (χ4n) is 2.05. The number of hydrogen-bond donors (Lipinski definition) is 3. The lowest BCUT2D eigenvalue weighted by Gasteiger charge is -2.23. The number of rotatable bonds is 5. The maximum atomic E-state index is 12.6. The van der Waals surface area contributed by atoms with Crippen LogP contribution in [0.25, 0.3) is 0 Å². The molecule has 0 radical (unpaired) electrons. The van der Waals surface area contributed by atoms with Crippen molar-refractivity contribution in [3.05, 3.63) is 54.1 Å². The second-order valence-electron chi connectivity index (χ2n) is 4.64. The Morgan fingerprint density at radius 2 is 1.81 bits per heavy atom. The molecule has 110 valence electrons. The molecule has 0 saturated carbocycles. The normalized spacial score (nSPS) is 10.3. The Kier molecular flexibility index (Phi) is 4.79. The third-order valence-electron chi connectivity index (χ3n) is 3.11. The maximum Gasteiger partial charge on any atom is 0.262 e. The van der Waals surface area contributed by atoms with Crippen LogP contribution in [-0.2, 0) is 0 Å². The van der Waals surface area contributed by atoms with Gasteiger partial charge in [-0.25, -0.2) is 0 Å². The van der Waals surface area contributed by atoms with E-state index >= 15 is 0 Å². The zero-order valence-corrected chi connectivity index (χ0v) is 11.6. The Balaban J connectivity index is 2.36. The number of phenols is 2. The van der Waals surface area contributed by atoms with Crippen LogP contribution in [0.5, 0.6) is 11.5 Å². The highest BCUT2D eigenvalue weighted by Crippen LogP contribution is 2.26. The average Bonchev–Trinajstić information content (AvgIpc) is 2.51. The molecular formula is C16H18N2O3. The van der Waals surface area contributed by atoms with Gasteiger partial charge in [0, 0.05) is 12.2 Å². The third-order valence-corrected chi connectivity index (χ3v) is 3.11. The van der Waals surface area contributed by atoms with Gasteiger partial charge in [-0.2, -0.15) is 0 Å². The smallest absolute Gasteiger partial charge is 0.262 e. The summed E-state index contributed by atoms with van der Waals surface area (Å²) in [5.41, 5.74) is 6.31. The van der Waals surface area contributed by atoms with Gasteiger partial charge in [-0.05, 0) is 43.3 Å². The number of carbonyl (C=O) groups is 1. The Morgan fingerprint density at radius 3 is 2.48 bits per heavy atom. The minimum absolute atomic E-state index is 0.0656. The first-order valence-electron chi connectivity index (χ1n) is 6.72. The van der Waals surface area contributed by atoms with Gasteiger partial charge < -0.3 is 20.8 Å². The third kappa shape index (κ3) is 3.52. The molecular weight excluding hydrogens is 268 g/mol. The van der Waals surface area contributed by atoms with Gasteiger partial charge in [0.1, 0.15) is 11.5 Å². The number of aromatic hydroxyl groups is 2. The summed E-state index contributed by atoms with van der Waals surface area (Å²) < 4.78 is 0. The molecule has 0 spiro atoms. The van der Waals surface area contributed by atoms with Gasteiger partial charge in [0.25, 0.3) is 5.91 Å². The maximum absolute atomic E-state index is 12.6. The van der Waals surface area contributed by atoms with Gasteiger partial charge in [-0.1, -0.05) is 18.2 Å². The number of hydrogen-bond acceptors (Lipinski definition) is 4. The van der Waals surface area contributed by atoms with Crippen molar-refractivity contribution < 1.29 is 15.0 Å². The number of amides is 1. The lowest BCUT2D eigenvalue weighted by molar-refractivity contribution is 0.0984. The molecule has 0 atom stereocenters. The van der Waals surface area contributed by atoms with Crippen LogP contribution in [0.2, 0.25) is 0 Å². The van der Waals surface area contributed by atoms with Crippen LogP contribution in [0.15, 0.2) is 48.5 Å². The van der Waals surface area contributed by atoms with Gasteiger partial charge in [0.15, 0.2) is 0 Å². The minimum Gasteiger partial charge on any atom is -0.508 e. The van der Waals surface area contributed by atoms with Gasteiger partial charge in [0.05, 0.1) is 5.56 Å². The van der Waals surface area contributed by atoms with E-state index in [0.29, 0.717) is 19.5 Å². The molecule has 2 aromatic carbocycles. The highest BCUT2D eigenvalue weighted by molar-refractivity contribution is 6.08. The summed E-state index contributed by atoms with van der Waals surface area (Å²) in [4.78, 5) is 14.2. The molecule has 4 N–H and O–H groups in total. The Morgan fingerprint density at radius 1 is 1.10 bits per heavy atom. The zero-order valence-electron chi connectivity index (χ0n) is 11.6. The molecule has 5 nitrogen and oxygen atoms in total. The van der Waals surface area contributed by atoms with Crippen LogP contribution in [0.4, 0.5) is 5.69 Å². The van der Waals surface area contributed by atoms with Crippen molar-refractivity contribution in [2.45, 2.75) is 6.42 Å². The summed E-state index contributed by atoms with van der Waals surface area (Å²) in [6.45, 7) is 0.900. The van der Waals surface area contributed by atoms with E-state index < -0.39 is 0 Å². The van der Waals surface area contributed by atoms with Crippen LogP contribution in [0, 0.1) is 0 Å². The molecule has 0 bridgehead atoms. The molecule has 0 heterocycles. The van der Waals surface area contributed by atoms with Crippen molar-refractivity contribution in [2.24, 2.45) is 5.73 Å². The number of nitrogens with zero attached hydrogens (tertiary/aromatic N) is 1. The summed E-state index contributed by atoms with van der Waals surface area (Å²) >= 11 is 0.